The zero-order valence-electron chi connectivity index (χ0n) is 17.7. The molecule has 0 aromatic heterocycles. The van der Waals surface area contributed by atoms with E-state index in [1.807, 2.05) is 0 Å². The Bertz CT molecular complexity index is 1080. The highest BCUT2D eigenvalue weighted by Crippen LogP contribution is 2.31. The van der Waals surface area contributed by atoms with Crippen LogP contribution in [0.5, 0.6) is 0 Å². The minimum absolute atomic E-state index is 1.05. The van der Waals surface area contributed by atoms with Crippen molar-refractivity contribution in [3.63, 3.8) is 0 Å². The van der Waals surface area contributed by atoms with Crippen LogP contribution in [-0.2, 0) is 12.8 Å². The van der Waals surface area contributed by atoms with E-state index in [0.717, 1.165) is 29.9 Å². The lowest BCUT2D eigenvalue weighted by atomic mass is 10.0. The predicted octanol–water partition coefficient (Wildman–Crippen LogP) is 7.58. The van der Waals surface area contributed by atoms with Crippen LogP contribution in [0.2, 0.25) is 0 Å². The van der Waals surface area contributed by atoms with Gasteiger partial charge in [-0.3, -0.25) is 0 Å². The maximum atomic E-state index is 3.62. The van der Waals surface area contributed by atoms with Crippen molar-refractivity contribution in [2.75, 3.05) is 10.6 Å². The smallest absolute Gasteiger partial charge is 0.0623 e. The number of hydrogen-bond acceptors (Lipinski definition) is 2. The van der Waals surface area contributed by atoms with Crippen LogP contribution in [0.1, 0.15) is 22.3 Å². The van der Waals surface area contributed by atoms with Gasteiger partial charge in [-0.15, -0.1) is 0 Å². The number of rotatable bonds is 7. The van der Waals surface area contributed by atoms with Crippen molar-refractivity contribution in [3.05, 3.63) is 119 Å². The first-order valence-electron chi connectivity index (χ1n) is 10.5. The average Bonchev–Trinajstić information content (AvgIpc) is 2.78. The second-order valence-electron chi connectivity index (χ2n) is 7.74. The van der Waals surface area contributed by atoms with E-state index < -0.39 is 0 Å². The van der Waals surface area contributed by atoms with Crippen LogP contribution < -0.4 is 10.6 Å². The fraction of sp³-hybridized carbons (Fsp3) is 0.143. The molecule has 0 amide bonds. The lowest BCUT2D eigenvalue weighted by Crippen LogP contribution is -2.00. The van der Waals surface area contributed by atoms with Gasteiger partial charge in [0.15, 0.2) is 0 Å². The van der Waals surface area contributed by atoms with Crippen molar-refractivity contribution in [3.8, 4) is 0 Å². The number of nitrogens with one attached hydrogen (secondary N) is 2. The molecule has 2 N–H and O–H groups in total. The molecule has 0 saturated carbocycles. The molecule has 0 fully saturated rings. The van der Waals surface area contributed by atoms with Crippen LogP contribution >= 0.6 is 0 Å². The number of benzene rings is 4. The Kier molecular flexibility index (Phi) is 6.14. The molecule has 2 nitrogen and oxygen atoms in total. The van der Waals surface area contributed by atoms with E-state index in [2.05, 4.69) is 122 Å². The fourth-order valence-corrected chi connectivity index (χ4v) is 3.69. The Morgan fingerprint density at radius 1 is 0.500 bits per heavy atom. The van der Waals surface area contributed by atoms with Crippen molar-refractivity contribution in [1.29, 1.82) is 0 Å². The standard InChI is InChI=1S/C28H28N2/c1-21-9-8-10-22(2)28(21)30-27-14-7-6-13-26(27)29-25-19-17-24(18-20-25)16-15-23-11-4-3-5-12-23/h3-14,17-20,29-30H,15-16H2,1-2H3. The Labute approximate surface area is 179 Å². The van der Waals surface area contributed by atoms with E-state index in [-0.39, 0.29) is 0 Å². The lowest BCUT2D eigenvalue weighted by Gasteiger charge is -2.17. The molecule has 4 aromatic carbocycles. The molecule has 30 heavy (non-hydrogen) atoms. The van der Waals surface area contributed by atoms with Gasteiger partial charge >= 0.3 is 0 Å². The zero-order chi connectivity index (χ0) is 20.8. The topological polar surface area (TPSA) is 24.1 Å². The minimum atomic E-state index is 1.05. The van der Waals surface area contributed by atoms with Crippen LogP contribution in [0, 0.1) is 13.8 Å². The first-order chi connectivity index (χ1) is 14.7. The van der Waals surface area contributed by atoms with Crippen molar-refractivity contribution < 1.29 is 0 Å². The van der Waals surface area contributed by atoms with Crippen LogP contribution in [0.15, 0.2) is 97.1 Å². The monoisotopic (exact) mass is 392 g/mol. The van der Waals surface area contributed by atoms with Gasteiger partial charge in [0, 0.05) is 11.4 Å². The summed E-state index contributed by atoms with van der Waals surface area (Å²) < 4.78 is 0. The number of anilines is 4. The molecule has 0 atom stereocenters. The predicted molar refractivity (Wildman–Crippen MR) is 129 cm³/mol. The molecule has 0 aliphatic carbocycles. The van der Waals surface area contributed by atoms with Crippen molar-refractivity contribution in [2.24, 2.45) is 0 Å². The number of hydrogen-bond donors (Lipinski definition) is 2. The highest BCUT2D eigenvalue weighted by atomic mass is 15.0. The summed E-state index contributed by atoms with van der Waals surface area (Å²) in [6.07, 6.45) is 2.12. The largest absolute Gasteiger partial charge is 0.354 e. The number of aryl methyl sites for hydroxylation is 4. The molecular weight excluding hydrogens is 364 g/mol. The van der Waals surface area contributed by atoms with E-state index in [4.69, 9.17) is 0 Å². The van der Waals surface area contributed by atoms with E-state index >= 15 is 0 Å². The van der Waals surface area contributed by atoms with Gasteiger partial charge in [-0.25, -0.2) is 0 Å². The molecule has 0 saturated heterocycles. The summed E-state index contributed by atoms with van der Waals surface area (Å²) in [6, 6.07) is 34.1. The Hall–Kier alpha value is -3.52. The highest BCUT2D eigenvalue weighted by Gasteiger charge is 2.07. The normalized spacial score (nSPS) is 10.6. The van der Waals surface area contributed by atoms with Crippen molar-refractivity contribution in [2.45, 2.75) is 26.7 Å². The van der Waals surface area contributed by atoms with Crippen LogP contribution in [0.3, 0.4) is 0 Å². The Morgan fingerprint density at radius 2 is 1.03 bits per heavy atom. The maximum Gasteiger partial charge on any atom is 0.0623 e. The maximum absolute atomic E-state index is 3.62. The van der Waals surface area contributed by atoms with Crippen molar-refractivity contribution in [1.82, 2.24) is 0 Å². The van der Waals surface area contributed by atoms with Gasteiger partial charge < -0.3 is 10.6 Å². The number of para-hydroxylation sites is 3. The second-order valence-corrected chi connectivity index (χ2v) is 7.74. The summed E-state index contributed by atoms with van der Waals surface area (Å²) in [4.78, 5) is 0. The summed E-state index contributed by atoms with van der Waals surface area (Å²) >= 11 is 0. The quantitative estimate of drug-likeness (QED) is 0.339. The van der Waals surface area contributed by atoms with Crippen LogP contribution in [0.4, 0.5) is 22.7 Å². The van der Waals surface area contributed by atoms with Gasteiger partial charge in [-0.05, 0) is 73.2 Å². The molecule has 0 heterocycles. The highest BCUT2D eigenvalue weighted by molar-refractivity contribution is 5.79. The summed E-state index contributed by atoms with van der Waals surface area (Å²) in [7, 11) is 0. The zero-order valence-corrected chi connectivity index (χ0v) is 17.7. The Balaban J connectivity index is 1.46. The summed E-state index contributed by atoms with van der Waals surface area (Å²) in [5.41, 5.74) is 9.62. The lowest BCUT2D eigenvalue weighted by molar-refractivity contribution is 0.960. The van der Waals surface area contributed by atoms with Gasteiger partial charge in [-0.1, -0.05) is 72.8 Å². The molecule has 0 spiro atoms. The second kappa shape index (κ2) is 9.32. The molecular formula is C28H28N2. The Morgan fingerprint density at radius 3 is 1.67 bits per heavy atom. The van der Waals surface area contributed by atoms with E-state index in [1.54, 1.807) is 0 Å². The van der Waals surface area contributed by atoms with Crippen LogP contribution in [0.25, 0.3) is 0 Å². The molecule has 0 aliphatic rings. The first-order valence-corrected chi connectivity index (χ1v) is 10.5. The van der Waals surface area contributed by atoms with E-state index in [9.17, 15) is 0 Å². The summed E-state index contributed by atoms with van der Waals surface area (Å²) in [5, 5.41) is 7.19. The third kappa shape index (κ3) is 4.90. The molecule has 150 valence electrons. The third-order valence-electron chi connectivity index (χ3n) is 5.45. The van der Waals surface area contributed by atoms with Crippen LogP contribution in [-0.4, -0.2) is 0 Å². The van der Waals surface area contributed by atoms with Gasteiger partial charge in [0.1, 0.15) is 0 Å². The van der Waals surface area contributed by atoms with E-state index in [1.165, 1.54) is 27.9 Å². The van der Waals surface area contributed by atoms with Crippen molar-refractivity contribution >= 4 is 22.7 Å². The third-order valence-corrected chi connectivity index (χ3v) is 5.45. The average molecular weight is 393 g/mol. The van der Waals surface area contributed by atoms with E-state index in [0.29, 0.717) is 0 Å². The molecule has 0 radical (unpaired) electrons. The summed E-state index contributed by atoms with van der Waals surface area (Å²) in [6.45, 7) is 4.28. The molecule has 4 rings (SSSR count). The SMILES string of the molecule is Cc1cccc(C)c1Nc1ccccc1Nc1ccc(CCc2ccccc2)cc1. The minimum Gasteiger partial charge on any atom is -0.354 e. The first kappa shape index (κ1) is 19.8. The van der Waals surface area contributed by atoms with Gasteiger partial charge in [-0.2, -0.15) is 0 Å². The van der Waals surface area contributed by atoms with Gasteiger partial charge in [0.05, 0.1) is 11.4 Å². The molecule has 0 bridgehead atoms. The summed E-state index contributed by atoms with van der Waals surface area (Å²) in [5.74, 6) is 0. The molecule has 0 aliphatic heterocycles. The molecule has 2 heteroatoms. The van der Waals surface area contributed by atoms with Gasteiger partial charge in [0.25, 0.3) is 0 Å². The molecule has 4 aromatic rings. The fourth-order valence-electron chi connectivity index (χ4n) is 3.69. The molecule has 0 unspecified atom stereocenters. The van der Waals surface area contributed by atoms with Gasteiger partial charge in [0.2, 0.25) is 0 Å².